The van der Waals surface area contributed by atoms with Gasteiger partial charge >= 0.3 is 5.97 Å². The zero-order valence-electron chi connectivity index (χ0n) is 22.3. The molecule has 0 amide bonds. The number of hydrogen-bond donors (Lipinski definition) is 2. The zero-order chi connectivity index (χ0) is 26.8. The van der Waals surface area contributed by atoms with E-state index < -0.39 is 41.2 Å². The van der Waals surface area contributed by atoms with E-state index in [4.69, 9.17) is 9.47 Å². The molecule has 7 nitrogen and oxygen atoms in total. The Morgan fingerprint density at radius 2 is 2.00 bits per heavy atom. The van der Waals surface area contributed by atoms with Gasteiger partial charge in [-0.1, -0.05) is 33.3 Å². The number of rotatable bonds is 4. The molecule has 0 radical (unpaired) electrons. The summed E-state index contributed by atoms with van der Waals surface area (Å²) in [4.78, 5) is 31.0. The fourth-order valence-electron chi connectivity index (χ4n) is 5.16. The molecule has 2 N–H and O–H groups in total. The van der Waals surface area contributed by atoms with E-state index in [1.165, 1.54) is 0 Å². The number of epoxide rings is 1. The van der Waals surface area contributed by atoms with Crippen molar-refractivity contribution in [3.05, 3.63) is 34.3 Å². The summed E-state index contributed by atoms with van der Waals surface area (Å²) in [5.41, 5.74) is -0.105. The van der Waals surface area contributed by atoms with Gasteiger partial charge in [-0.05, 0) is 57.6 Å². The van der Waals surface area contributed by atoms with E-state index in [-0.39, 0.29) is 24.2 Å². The Balaban J connectivity index is 1.92. The Morgan fingerprint density at radius 3 is 2.61 bits per heavy atom. The number of cyclic esters (lactones) is 1. The van der Waals surface area contributed by atoms with Crippen LogP contribution < -0.4 is 0 Å². The Morgan fingerprint density at radius 1 is 1.31 bits per heavy atom. The molecular formula is C28H41NO6S. The van der Waals surface area contributed by atoms with Gasteiger partial charge < -0.3 is 19.7 Å². The highest BCUT2D eigenvalue weighted by Crippen LogP contribution is 2.46. The maximum atomic E-state index is 13.5. The van der Waals surface area contributed by atoms with Crippen molar-refractivity contribution in [1.82, 2.24) is 4.98 Å². The lowest BCUT2D eigenvalue weighted by molar-refractivity contribution is -0.155. The van der Waals surface area contributed by atoms with Crippen molar-refractivity contribution < 1.29 is 29.3 Å². The Hall–Kier alpha value is -1.87. The third kappa shape index (κ3) is 6.33. The first-order valence-corrected chi connectivity index (χ1v) is 13.7. The van der Waals surface area contributed by atoms with Crippen LogP contribution in [0.3, 0.4) is 0 Å². The standard InChI is InChI=1S/C28H41NO6S/c1-8-10-20-23(32)16(2)11-9-12-28(7)26(35-28)24(17(3)13-19-15-36-18(4)29-19)34-22(31)14-21(30)27(5,6)25(20)33/h8,13,15-16,20-21,23-24,26,30,32H,1,9-12,14H2,2-7H3. The number of aryl methyl sites for hydroxylation is 1. The van der Waals surface area contributed by atoms with Gasteiger partial charge in [0.25, 0.3) is 0 Å². The summed E-state index contributed by atoms with van der Waals surface area (Å²) < 4.78 is 12.0. The number of carbonyl (C=O) groups excluding carboxylic acids is 2. The van der Waals surface area contributed by atoms with Gasteiger partial charge in [0.15, 0.2) is 6.10 Å². The molecule has 0 aromatic carbocycles. The van der Waals surface area contributed by atoms with Gasteiger partial charge in [-0.3, -0.25) is 9.59 Å². The van der Waals surface area contributed by atoms with Gasteiger partial charge in [-0.15, -0.1) is 17.9 Å². The van der Waals surface area contributed by atoms with Crippen LogP contribution >= 0.6 is 11.3 Å². The summed E-state index contributed by atoms with van der Waals surface area (Å²) >= 11 is 1.55. The first kappa shape index (κ1) is 28.7. The van der Waals surface area contributed by atoms with Crippen LogP contribution in [0.5, 0.6) is 0 Å². The largest absolute Gasteiger partial charge is 0.455 e. The second-order valence-corrected chi connectivity index (χ2v) is 12.3. The van der Waals surface area contributed by atoms with Gasteiger partial charge in [-0.2, -0.15) is 0 Å². The van der Waals surface area contributed by atoms with Crippen LogP contribution in [0.1, 0.15) is 77.4 Å². The average molecular weight is 520 g/mol. The second kappa shape index (κ2) is 11.3. The number of ketones is 1. The number of carbonyl (C=O) groups is 2. The lowest BCUT2D eigenvalue weighted by Crippen LogP contribution is -2.46. The third-order valence-corrected chi connectivity index (χ3v) is 8.64. The number of fused-ring (bicyclic) bond motifs is 1. The molecule has 2 saturated heterocycles. The van der Waals surface area contributed by atoms with Gasteiger partial charge in [0, 0.05) is 11.3 Å². The zero-order valence-corrected chi connectivity index (χ0v) is 23.1. The molecule has 36 heavy (non-hydrogen) atoms. The second-order valence-electron chi connectivity index (χ2n) is 11.2. The van der Waals surface area contributed by atoms with Crippen molar-refractivity contribution in [2.45, 2.75) is 104 Å². The molecule has 200 valence electrons. The lowest BCUT2D eigenvalue weighted by Gasteiger charge is -2.35. The maximum absolute atomic E-state index is 13.5. The van der Waals surface area contributed by atoms with E-state index in [9.17, 15) is 19.8 Å². The number of aromatic nitrogens is 1. The first-order valence-electron chi connectivity index (χ1n) is 12.8. The highest BCUT2D eigenvalue weighted by molar-refractivity contribution is 7.09. The van der Waals surface area contributed by atoms with E-state index >= 15 is 0 Å². The molecule has 3 rings (SSSR count). The van der Waals surface area contributed by atoms with E-state index in [0.29, 0.717) is 12.8 Å². The van der Waals surface area contributed by atoms with E-state index in [1.807, 2.05) is 39.2 Å². The van der Waals surface area contributed by atoms with Crippen molar-refractivity contribution in [1.29, 1.82) is 0 Å². The summed E-state index contributed by atoms with van der Waals surface area (Å²) in [6, 6.07) is 0. The Kier molecular flexibility index (Phi) is 8.97. The third-order valence-electron chi connectivity index (χ3n) is 7.85. The highest BCUT2D eigenvalue weighted by Gasteiger charge is 2.58. The van der Waals surface area contributed by atoms with E-state index in [2.05, 4.69) is 11.6 Å². The maximum Gasteiger partial charge on any atom is 0.309 e. The first-order chi connectivity index (χ1) is 16.8. The van der Waals surface area contributed by atoms with Gasteiger partial charge in [0.1, 0.15) is 11.9 Å². The number of thiazole rings is 1. The number of nitrogens with zero attached hydrogens (tertiary/aromatic N) is 1. The predicted molar refractivity (Wildman–Crippen MR) is 140 cm³/mol. The van der Waals surface area contributed by atoms with Crippen LogP contribution in [0, 0.1) is 24.2 Å². The van der Waals surface area contributed by atoms with Crippen molar-refractivity contribution in [2.75, 3.05) is 0 Å². The minimum atomic E-state index is -1.27. The summed E-state index contributed by atoms with van der Waals surface area (Å²) in [5, 5.41) is 25.0. The molecule has 7 atom stereocenters. The Labute approximate surface area is 218 Å². The van der Waals surface area contributed by atoms with Crippen LogP contribution in [0.4, 0.5) is 0 Å². The molecule has 0 bridgehead atoms. The summed E-state index contributed by atoms with van der Waals surface area (Å²) in [5.74, 6) is -1.71. The molecule has 2 aliphatic rings. The van der Waals surface area contributed by atoms with E-state index in [0.717, 1.165) is 29.1 Å². The molecular weight excluding hydrogens is 478 g/mol. The van der Waals surface area contributed by atoms with Crippen molar-refractivity contribution >= 4 is 29.2 Å². The molecule has 2 aliphatic heterocycles. The van der Waals surface area contributed by atoms with Crippen molar-refractivity contribution in [3.8, 4) is 0 Å². The van der Waals surface area contributed by atoms with Crippen molar-refractivity contribution in [2.24, 2.45) is 17.3 Å². The fourth-order valence-corrected chi connectivity index (χ4v) is 5.73. The van der Waals surface area contributed by atoms with Crippen LogP contribution in [0.25, 0.3) is 6.08 Å². The number of esters is 1. The minimum Gasteiger partial charge on any atom is -0.455 e. The summed E-state index contributed by atoms with van der Waals surface area (Å²) in [7, 11) is 0. The molecule has 0 saturated carbocycles. The van der Waals surface area contributed by atoms with Gasteiger partial charge in [0.2, 0.25) is 0 Å². The van der Waals surface area contributed by atoms with Crippen LogP contribution in [-0.4, -0.2) is 57.0 Å². The molecule has 1 aromatic rings. The summed E-state index contributed by atoms with van der Waals surface area (Å²) in [6.45, 7) is 14.8. The summed E-state index contributed by atoms with van der Waals surface area (Å²) in [6.07, 6.45) is 2.65. The molecule has 3 heterocycles. The number of aliphatic hydroxyl groups excluding tert-OH is 2. The van der Waals surface area contributed by atoms with Crippen LogP contribution in [0.15, 0.2) is 23.6 Å². The number of allylic oxidation sites excluding steroid dienone is 1. The predicted octanol–water partition coefficient (Wildman–Crippen LogP) is 4.64. The van der Waals surface area contributed by atoms with Crippen molar-refractivity contribution in [3.63, 3.8) is 0 Å². The van der Waals surface area contributed by atoms with Crippen LogP contribution in [0.2, 0.25) is 0 Å². The van der Waals surface area contributed by atoms with Gasteiger partial charge in [0.05, 0.1) is 40.3 Å². The number of hydrogen-bond acceptors (Lipinski definition) is 8. The topological polar surface area (TPSA) is 109 Å². The number of aliphatic hydroxyl groups is 2. The molecule has 7 unspecified atom stereocenters. The number of Topliss-reactive ketones (excluding diaryl/α,β-unsaturated/α-hetero) is 1. The fraction of sp³-hybridized carbons (Fsp3) is 0.679. The molecule has 1 aromatic heterocycles. The molecule has 8 heteroatoms. The molecule has 2 fully saturated rings. The quantitative estimate of drug-likeness (QED) is 0.339. The molecule has 0 spiro atoms. The minimum absolute atomic E-state index is 0.124. The van der Waals surface area contributed by atoms with E-state index in [1.54, 1.807) is 31.3 Å². The smallest absolute Gasteiger partial charge is 0.309 e. The van der Waals surface area contributed by atoms with Crippen LogP contribution in [-0.2, 0) is 19.1 Å². The SMILES string of the molecule is C=CCC1C(=O)C(C)(C)C(O)CC(=O)OC(C(C)=Cc2csc(C)n2)C2OC2(C)CCCC(C)C1O. The average Bonchev–Trinajstić information content (AvgIpc) is 3.29. The van der Waals surface area contributed by atoms with Gasteiger partial charge in [-0.25, -0.2) is 4.98 Å². The normalized spacial score (nSPS) is 36.3. The lowest BCUT2D eigenvalue weighted by atomic mass is 9.71. The number of ether oxygens (including phenoxy) is 2. The highest BCUT2D eigenvalue weighted by atomic mass is 32.1. The monoisotopic (exact) mass is 519 g/mol. The molecule has 0 aliphatic carbocycles. The Bertz CT molecular complexity index is 1000.